The van der Waals surface area contributed by atoms with Crippen LogP contribution in [0.4, 0.5) is 0 Å². The van der Waals surface area contributed by atoms with Crippen molar-refractivity contribution in [3.05, 3.63) is 66.7 Å². The molecule has 0 aliphatic rings. The molecule has 0 amide bonds. The molecular weight excluding hydrogens is 167 g/mol. The van der Waals surface area contributed by atoms with Crippen molar-refractivity contribution in [3.8, 4) is 0 Å². The molecule has 1 aromatic rings. The summed E-state index contributed by atoms with van der Waals surface area (Å²) in [5.41, 5.74) is 2.51. The Balaban J connectivity index is 2.95. The molecule has 0 unspecified atom stereocenters. The van der Waals surface area contributed by atoms with Gasteiger partial charge < -0.3 is 0 Å². The molecule has 0 N–H and O–H groups in total. The Labute approximate surface area is 86.9 Å². The highest BCUT2D eigenvalue weighted by Gasteiger charge is 1.94. The van der Waals surface area contributed by atoms with Crippen molar-refractivity contribution >= 4 is 12.9 Å². The van der Waals surface area contributed by atoms with Gasteiger partial charge in [0, 0.05) is 0 Å². The van der Waals surface area contributed by atoms with Crippen LogP contribution >= 0.6 is 0 Å². The first kappa shape index (κ1) is 10.6. The third kappa shape index (κ3) is 3.10. The van der Waals surface area contributed by atoms with Crippen LogP contribution in [0.3, 0.4) is 0 Å². The van der Waals surface area contributed by atoms with Gasteiger partial charge in [0.1, 0.15) is 7.28 Å². The fraction of sp³-hybridized carbons (Fsp3) is 0.0769. The summed E-state index contributed by atoms with van der Waals surface area (Å²) in [5.74, 6) is 2.22. The van der Waals surface area contributed by atoms with Gasteiger partial charge in [-0.25, -0.2) is 0 Å². The van der Waals surface area contributed by atoms with Gasteiger partial charge >= 0.3 is 0 Å². The van der Waals surface area contributed by atoms with E-state index < -0.39 is 0 Å². The van der Waals surface area contributed by atoms with Crippen LogP contribution in [0.25, 0.3) is 5.57 Å². The van der Waals surface area contributed by atoms with Crippen molar-refractivity contribution in [1.29, 1.82) is 0 Å². The van der Waals surface area contributed by atoms with Gasteiger partial charge in [-0.1, -0.05) is 62.0 Å². The minimum absolute atomic E-state index is 1.05. The molecule has 1 heteroatoms. The van der Waals surface area contributed by atoms with Crippen LogP contribution < -0.4 is 0 Å². The fourth-order valence-corrected chi connectivity index (χ4v) is 1.30. The van der Waals surface area contributed by atoms with Crippen LogP contribution in [0.15, 0.2) is 61.1 Å². The van der Waals surface area contributed by atoms with Crippen molar-refractivity contribution in [1.82, 2.24) is 0 Å². The van der Waals surface area contributed by atoms with E-state index in [1.807, 2.05) is 12.1 Å². The van der Waals surface area contributed by atoms with Crippen LogP contribution in [-0.4, -0.2) is 7.28 Å². The molecule has 0 aliphatic carbocycles. The molecule has 0 saturated heterocycles. The summed E-state index contributed by atoms with van der Waals surface area (Å²) < 4.78 is 0. The molecule has 0 aromatic heterocycles. The summed E-state index contributed by atoms with van der Waals surface area (Å²) in [5, 5.41) is 0. The second kappa shape index (κ2) is 6.03. The van der Waals surface area contributed by atoms with Crippen LogP contribution in [0.5, 0.6) is 0 Å². The van der Waals surface area contributed by atoms with Crippen LogP contribution in [0.2, 0.25) is 6.82 Å². The molecule has 0 aliphatic heterocycles. The van der Waals surface area contributed by atoms with Crippen molar-refractivity contribution in [2.24, 2.45) is 0 Å². The highest BCUT2D eigenvalue weighted by atomic mass is 14.0. The molecule has 70 valence electrons. The lowest BCUT2D eigenvalue weighted by atomic mass is 9.79. The Morgan fingerprint density at radius 3 is 2.57 bits per heavy atom. The zero-order valence-electron chi connectivity index (χ0n) is 8.61. The first-order valence-electron chi connectivity index (χ1n) is 4.93. The van der Waals surface area contributed by atoms with Crippen LogP contribution in [0.1, 0.15) is 5.56 Å². The maximum atomic E-state index is 3.67. The number of allylic oxidation sites excluding steroid dienone is 4. The highest BCUT2D eigenvalue weighted by molar-refractivity contribution is 6.42. The second-order valence-electron chi connectivity index (χ2n) is 3.03. The van der Waals surface area contributed by atoms with Crippen molar-refractivity contribution in [2.75, 3.05) is 0 Å². The van der Waals surface area contributed by atoms with E-state index >= 15 is 0 Å². The van der Waals surface area contributed by atoms with Gasteiger partial charge in [-0.05, 0) is 11.1 Å². The van der Waals surface area contributed by atoms with E-state index in [9.17, 15) is 0 Å². The Hall–Kier alpha value is -1.50. The van der Waals surface area contributed by atoms with E-state index in [-0.39, 0.29) is 0 Å². The summed E-state index contributed by atoms with van der Waals surface area (Å²) in [7, 11) is 1.05. The highest BCUT2D eigenvalue weighted by Crippen LogP contribution is 2.14. The molecule has 0 bridgehead atoms. The number of hydrogen-bond donors (Lipinski definition) is 0. The topological polar surface area (TPSA) is 0 Å². The molecule has 0 heterocycles. The first-order chi connectivity index (χ1) is 6.88. The molecular formula is C13H15B. The van der Waals surface area contributed by atoms with Gasteiger partial charge in [-0.15, -0.1) is 5.98 Å². The van der Waals surface area contributed by atoms with Crippen molar-refractivity contribution in [3.63, 3.8) is 0 Å². The SMILES string of the molecule is C=C/C=C\C(=C/BC)c1ccccc1. The van der Waals surface area contributed by atoms with E-state index in [2.05, 4.69) is 49.7 Å². The molecule has 1 aromatic carbocycles. The van der Waals surface area contributed by atoms with E-state index in [0.29, 0.717) is 0 Å². The smallest absolute Gasteiger partial charge is 0.112 e. The van der Waals surface area contributed by atoms with Gasteiger partial charge in [0.15, 0.2) is 0 Å². The molecule has 14 heavy (non-hydrogen) atoms. The van der Waals surface area contributed by atoms with Gasteiger partial charge in [-0.3, -0.25) is 0 Å². The third-order valence-electron chi connectivity index (χ3n) is 1.94. The zero-order chi connectivity index (χ0) is 10.2. The van der Waals surface area contributed by atoms with Crippen LogP contribution in [-0.2, 0) is 0 Å². The Morgan fingerprint density at radius 2 is 2.00 bits per heavy atom. The fourth-order valence-electron chi connectivity index (χ4n) is 1.30. The number of hydrogen-bond acceptors (Lipinski definition) is 0. The minimum Gasteiger partial charge on any atom is -0.112 e. The predicted molar refractivity (Wildman–Crippen MR) is 66.8 cm³/mol. The lowest BCUT2D eigenvalue weighted by Crippen LogP contribution is -1.83. The second-order valence-corrected chi connectivity index (χ2v) is 3.03. The number of rotatable bonds is 4. The maximum absolute atomic E-state index is 3.67. The predicted octanol–water partition coefficient (Wildman–Crippen LogP) is 3.25. The van der Waals surface area contributed by atoms with E-state index in [1.165, 1.54) is 11.1 Å². The molecule has 0 fully saturated rings. The summed E-state index contributed by atoms with van der Waals surface area (Å²) in [4.78, 5) is 0. The normalized spacial score (nSPS) is 11.6. The van der Waals surface area contributed by atoms with E-state index in [4.69, 9.17) is 0 Å². The lowest BCUT2D eigenvalue weighted by Gasteiger charge is -2.01. The molecule has 0 radical (unpaired) electrons. The van der Waals surface area contributed by atoms with E-state index in [0.717, 1.165) is 7.28 Å². The molecule has 0 atom stereocenters. The standard InChI is InChI=1S/C13H15B/c1-3-4-8-13(11-14-2)12-9-6-5-7-10-12/h3-11,14H,1H2,2H3/b8-4-,13-11+. The largest absolute Gasteiger partial charge is 0.145 e. The first-order valence-corrected chi connectivity index (χ1v) is 4.93. The lowest BCUT2D eigenvalue weighted by molar-refractivity contribution is 1.62. The van der Waals surface area contributed by atoms with Gasteiger partial charge in [0.25, 0.3) is 0 Å². The Kier molecular flexibility index (Phi) is 4.56. The van der Waals surface area contributed by atoms with Crippen molar-refractivity contribution < 1.29 is 0 Å². The summed E-state index contributed by atoms with van der Waals surface area (Å²) in [6.07, 6.45) is 5.85. The molecule has 0 spiro atoms. The summed E-state index contributed by atoms with van der Waals surface area (Å²) in [6, 6.07) is 10.4. The zero-order valence-corrected chi connectivity index (χ0v) is 8.61. The number of benzene rings is 1. The van der Waals surface area contributed by atoms with Crippen molar-refractivity contribution in [2.45, 2.75) is 6.82 Å². The quantitative estimate of drug-likeness (QED) is 0.495. The summed E-state index contributed by atoms with van der Waals surface area (Å²) >= 11 is 0. The molecule has 0 saturated carbocycles. The summed E-state index contributed by atoms with van der Waals surface area (Å²) in [6.45, 7) is 5.82. The van der Waals surface area contributed by atoms with Crippen LogP contribution in [0, 0.1) is 0 Å². The van der Waals surface area contributed by atoms with E-state index in [1.54, 1.807) is 6.08 Å². The minimum atomic E-state index is 1.05. The van der Waals surface area contributed by atoms with Gasteiger partial charge in [0.2, 0.25) is 0 Å². The average Bonchev–Trinajstić information content (AvgIpc) is 2.25. The average molecular weight is 182 g/mol. The Bertz CT molecular complexity index is 334. The monoisotopic (exact) mass is 182 g/mol. The van der Waals surface area contributed by atoms with Gasteiger partial charge in [0.05, 0.1) is 0 Å². The Morgan fingerprint density at radius 1 is 1.29 bits per heavy atom. The molecule has 0 nitrogen and oxygen atoms in total. The maximum Gasteiger partial charge on any atom is 0.145 e. The molecule has 1 rings (SSSR count). The van der Waals surface area contributed by atoms with Gasteiger partial charge in [-0.2, -0.15) is 0 Å². The third-order valence-corrected chi connectivity index (χ3v) is 1.94.